The number of hydrogen-bond donors (Lipinski definition) is 2. The Morgan fingerprint density at radius 1 is 0.550 bits per heavy atom. The largest absolute Gasteiger partial charge is 0.500 e. The molecule has 1 aliphatic heterocycles. The first kappa shape index (κ1) is 37.1. The summed E-state index contributed by atoms with van der Waals surface area (Å²) in [5, 5.41) is 6.02. The van der Waals surface area contributed by atoms with E-state index in [0.717, 1.165) is 39.0 Å². The van der Waals surface area contributed by atoms with E-state index in [0.29, 0.717) is 77.9 Å². The van der Waals surface area contributed by atoms with Gasteiger partial charge in [-0.05, 0) is 54.4 Å². The van der Waals surface area contributed by atoms with E-state index in [1.807, 2.05) is 41.5 Å². The van der Waals surface area contributed by atoms with Gasteiger partial charge in [0.15, 0.2) is 0 Å². The zero-order chi connectivity index (χ0) is 29.7. The smallest absolute Gasteiger partial charge is 0.374 e. The predicted octanol–water partition coefficient (Wildman–Crippen LogP) is 1.71. The molecule has 1 aliphatic rings. The Kier molecular flexibility index (Phi) is 20.1. The third-order valence-corrected chi connectivity index (χ3v) is 12.7. The molecule has 2 N–H and O–H groups in total. The van der Waals surface area contributed by atoms with Crippen LogP contribution in [0, 0.1) is 0 Å². The lowest BCUT2D eigenvalue weighted by Gasteiger charge is -2.33. The molecule has 2 amide bonds. The summed E-state index contributed by atoms with van der Waals surface area (Å²) in [5.74, 6) is 0.0157. The van der Waals surface area contributed by atoms with Crippen LogP contribution in [-0.2, 0) is 36.1 Å². The Bertz CT molecular complexity index is 597. The van der Waals surface area contributed by atoms with Crippen LogP contribution in [0.4, 0.5) is 0 Å². The minimum atomic E-state index is -2.68. The van der Waals surface area contributed by atoms with E-state index in [-0.39, 0.29) is 11.8 Å². The van der Waals surface area contributed by atoms with Crippen molar-refractivity contribution >= 4 is 29.4 Å². The molecule has 0 unspecified atom stereocenters. The van der Waals surface area contributed by atoms with E-state index >= 15 is 0 Å². The maximum atomic E-state index is 12.5. The highest BCUT2D eigenvalue weighted by Crippen LogP contribution is 2.19. The van der Waals surface area contributed by atoms with Gasteiger partial charge in [-0.2, -0.15) is 0 Å². The molecule has 236 valence electrons. The normalized spacial score (nSPS) is 15.3. The zero-order valence-electron chi connectivity index (χ0n) is 25.9. The van der Waals surface area contributed by atoms with Gasteiger partial charge in [0, 0.05) is 91.0 Å². The summed E-state index contributed by atoms with van der Waals surface area (Å²) in [7, 11) is -5.35. The van der Waals surface area contributed by atoms with Gasteiger partial charge in [-0.1, -0.05) is 0 Å². The summed E-state index contributed by atoms with van der Waals surface area (Å²) < 4.78 is 35.2. The molecule has 0 aromatic rings. The standard InChI is InChI=1S/C26H56N4O8Si2/c1-7-33-39(34-8-2,35-9-3)21-13-15-27-25(31)23-29-17-19-30(20-18-29)24-26(32)28-16-14-22-40(36-10-4,37-11-5)38-12-6/h7-24H2,1-6H3,(H,27,31)(H,28,32). The predicted molar refractivity (Wildman–Crippen MR) is 159 cm³/mol. The molecular weight excluding hydrogens is 552 g/mol. The van der Waals surface area contributed by atoms with Gasteiger partial charge in [0.05, 0.1) is 13.1 Å². The molecular formula is C26H56N4O8Si2. The Labute approximate surface area is 244 Å². The van der Waals surface area contributed by atoms with Crippen molar-refractivity contribution in [2.75, 3.05) is 92.0 Å². The molecule has 1 heterocycles. The van der Waals surface area contributed by atoms with Gasteiger partial charge in [0.2, 0.25) is 11.8 Å². The van der Waals surface area contributed by atoms with Crippen LogP contribution in [0.5, 0.6) is 0 Å². The molecule has 1 fully saturated rings. The van der Waals surface area contributed by atoms with Gasteiger partial charge in [-0.3, -0.25) is 19.4 Å². The number of amides is 2. The number of rotatable bonds is 24. The van der Waals surface area contributed by atoms with Crippen LogP contribution in [0.3, 0.4) is 0 Å². The Morgan fingerprint density at radius 2 is 0.825 bits per heavy atom. The van der Waals surface area contributed by atoms with Gasteiger partial charge in [-0.15, -0.1) is 0 Å². The van der Waals surface area contributed by atoms with E-state index in [9.17, 15) is 9.59 Å². The summed E-state index contributed by atoms with van der Waals surface area (Å²) in [5.41, 5.74) is 0. The number of carbonyl (C=O) groups is 2. The number of hydrogen-bond acceptors (Lipinski definition) is 10. The van der Waals surface area contributed by atoms with Crippen LogP contribution in [0.1, 0.15) is 54.4 Å². The summed E-state index contributed by atoms with van der Waals surface area (Å²) >= 11 is 0. The minimum Gasteiger partial charge on any atom is -0.374 e. The molecule has 0 aromatic heterocycles. The molecule has 0 bridgehead atoms. The van der Waals surface area contributed by atoms with E-state index < -0.39 is 17.6 Å². The number of carbonyl (C=O) groups excluding carboxylic acids is 2. The highest BCUT2D eigenvalue weighted by Gasteiger charge is 2.40. The monoisotopic (exact) mass is 608 g/mol. The van der Waals surface area contributed by atoms with Crippen LogP contribution < -0.4 is 10.6 Å². The van der Waals surface area contributed by atoms with E-state index in [1.54, 1.807) is 0 Å². The molecule has 40 heavy (non-hydrogen) atoms. The quantitative estimate of drug-likeness (QED) is 0.124. The summed E-state index contributed by atoms with van der Waals surface area (Å²) in [6, 6.07) is 1.36. The average Bonchev–Trinajstić information content (AvgIpc) is 2.91. The maximum absolute atomic E-state index is 12.5. The van der Waals surface area contributed by atoms with Crippen molar-refractivity contribution in [3.05, 3.63) is 0 Å². The van der Waals surface area contributed by atoms with Gasteiger partial charge < -0.3 is 37.2 Å². The van der Waals surface area contributed by atoms with Gasteiger partial charge in [0.25, 0.3) is 0 Å². The second-order valence-corrected chi connectivity index (χ2v) is 14.9. The molecule has 0 radical (unpaired) electrons. The van der Waals surface area contributed by atoms with E-state index in [2.05, 4.69) is 20.4 Å². The summed E-state index contributed by atoms with van der Waals surface area (Å²) in [6.07, 6.45) is 1.49. The van der Waals surface area contributed by atoms with Crippen molar-refractivity contribution in [1.29, 1.82) is 0 Å². The Morgan fingerprint density at radius 3 is 1.07 bits per heavy atom. The van der Waals surface area contributed by atoms with Crippen molar-refractivity contribution in [2.24, 2.45) is 0 Å². The van der Waals surface area contributed by atoms with Crippen LogP contribution in [0.15, 0.2) is 0 Å². The zero-order valence-corrected chi connectivity index (χ0v) is 27.9. The Hall–Kier alpha value is -0.946. The highest BCUT2D eigenvalue weighted by atomic mass is 28.4. The van der Waals surface area contributed by atoms with Crippen LogP contribution >= 0.6 is 0 Å². The molecule has 12 nitrogen and oxygen atoms in total. The maximum Gasteiger partial charge on any atom is 0.500 e. The van der Waals surface area contributed by atoms with Crippen LogP contribution in [-0.4, -0.2) is 131 Å². The molecule has 1 rings (SSSR count). The fourth-order valence-corrected chi connectivity index (χ4v) is 9.92. The van der Waals surface area contributed by atoms with Crippen molar-refractivity contribution in [1.82, 2.24) is 20.4 Å². The second kappa shape index (κ2) is 21.7. The molecule has 14 heteroatoms. The van der Waals surface area contributed by atoms with Crippen molar-refractivity contribution in [2.45, 2.75) is 66.5 Å². The lowest BCUT2D eigenvalue weighted by molar-refractivity contribution is -0.125. The summed E-state index contributed by atoms with van der Waals surface area (Å²) in [4.78, 5) is 29.2. The Balaban J connectivity index is 2.28. The SMILES string of the molecule is CCO[Si](CCCNC(=O)CN1CCN(CC(=O)NCCC[Si](OCC)(OCC)OCC)CC1)(OCC)OCC. The molecule has 0 spiro atoms. The second-order valence-electron chi connectivity index (χ2n) is 9.42. The highest BCUT2D eigenvalue weighted by molar-refractivity contribution is 6.61. The number of piperazine rings is 1. The summed E-state index contributed by atoms with van der Waals surface area (Å²) in [6.45, 7) is 19.8. The van der Waals surface area contributed by atoms with E-state index in [1.165, 1.54) is 0 Å². The topological polar surface area (TPSA) is 120 Å². The van der Waals surface area contributed by atoms with E-state index in [4.69, 9.17) is 26.6 Å². The minimum absolute atomic E-state index is 0.00785. The molecule has 0 aliphatic carbocycles. The number of nitrogens with zero attached hydrogens (tertiary/aromatic N) is 2. The number of nitrogens with one attached hydrogen (secondary N) is 2. The third kappa shape index (κ3) is 14.8. The lowest BCUT2D eigenvalue weighted by Crippen LogP contribution is -2.51. The van der Waals surface area contributed by atoms with Gasteiger partial charge in [0.1, 0.15) is 0 Å². The fraction of sp³-hybridized carbons (Fsp3) is 0.923. The van der Waals surface area contributed by atoms with Gasteiger partial charge in [-0.25, -0.2) is 0 Å². The fourth-order valence-electron chi connectivity index (χ4n) is 4.69. The first-order valence-electron chi connectivity index (χ1n) is 15.1. The molecule has 0 saturated carbocycles. The van der Waals surface area contributed by atoms with Crippen molar-refractivity contribution in [3.8, 4) is 0 Å². The van der Waals surface area contributed by atoms with Gasteiger partial charge >= 0.3 is 17.6 Å². The van der Waals surface area contributed by atoms with Crippen molar-refractivity contribution < 1.29 is 36.1 Å². The first-order chi connectivity index (χ1) is 19.3. The average molecular weight is 609 g/mol. The molecule has 0 atom stereocenters. The van der Waals surface area contributed by atoms with Crippen LogP contribution in [0.25, 0.3) is 0 Å². The van der Waals surface area contributed by atoms with Crippen molar-refractivity contribution in [3.63, 3.8) is 0 Å². The molecule has 1 saturated heterocycles. The molecule has 0 aromatic carbocycles. The van der Waals surface area contributed by atoms with Crippen LogP contribution in [0.2, 0.25) is 12.1 Å². The first-order valence-corrected chi connectivity index (χ1v) is 19.0. The third-order valence-electron chi connectivity index (χ3n) is 6.35. The lowest BCUT2D eigenvalue weighted by atomic mass is 10.3.